The minimum atomic E-state index is 0.229. The normalized spacial score (nSPS) is 12.4. The smallest absolute Gasteiger partial charge is 0.0499 e. The Kier molecular flexibility index (Phi) is 5.95. The summed E-state index contributed by atoms with van der Waals surface area (Å²) < 4.78 is 0. The zero-order valence-corrected chi connectivity index (χ0v) is 14.4. The van der Waals surface area contributed by atoms with E-state index in [9.17, 15) is 0 Å². The first-order valence-corrected chi connectivity index (χ1v) is 8.14. The Balaban J connectivity index is 2.30. The zero-order valence-electron chi connectivity index (χ0n) is 12.1. The van der Waals surface area contributed by atoms with Crippen molar-refractivity contribution in [1.82, 2.24) is 5.32 Å². The number of benzene rings is 2. The fraction of sp³-hybridized carbons (Fsp3) is 0.294. The average molecular weight is 343 g/mol. The van der Waals surface area contributed by atoms with Crippen LogP contribution in [0.5, 0.6) is 0 Å². The van der Waals surface area contributed by atoms with Crippen LogP contribution in [0.2, 0.25) is 15.1 Å². The summed E-state index contributed by atoms with van der Waals surface area (Å²) in [4.78, 5) is 0. The highest BCUT2D eigenvalue weighted by Crippen LogP contribution is 2.34. The number of hydrogen-bond donors (Lipinski definition) is 1. The van der Waals surface area contributed by atoms with E-state index in [0.717, 1.165) is 34.7 Å². The van der Waals surface area contributed by atoms with Gasteiger partial charge in [0.05, 0.1) is 0 Å². The van der Waals surface area contributed by atoms with Crippen LogP contribution >= 0.6 is 34.8 Å². The van der Waals surface area contributed by atoms with Crippen molar-refractivity contribution in [3.05, 3.63) is 57.0 Å². The third-order valence-corrected chi connectivity index (χ3v) is 4.28. The topological polar surface area (TPSA) is 12.0 Å². The molecule has 0 saturated heterocycles. The first-order valence-electron chi connectivity index (χ1n) is 7.01. The summed E-state index contributed by atoms with van der Waals surface area (Å²) in [6.07, 6.45) is 1.10. The molecule has 0 aromatic heterocycles. The standard InChI is InChI=1S/C17H18Cl3N/c1-3-8-21-11(2)14-6-4-12(9-16(14)19)15-7-5-13(18)10-17(15)20/h4-7,9-11,21H,3,8H2,1-2H3. The molecule has 1 N–H and O–H groups in total. The van der Waals surface area contributed by atoms with Gasteiger partial charge in [0, 0.05) is 26.7 Å². The highest BCUT2D eigenvalue weighted by Gasteiger charge is 2.11. The second-order valence-electron chi connectivity index (χ2n) is 5.04. The van der Waals surface area contributed by atoms with Gasteiger partial charge in [-0.15, -0.1) is 0 Å². The molecule has 0 heterocycles. The highest BCUT2D eigenvalue weighted by molar-refractivity contribution is 6.36. The lowest BCUT2D eigenvalue weighted by Crippen LogP contribution is -2.19. The van der Waals surface area contributed by atoms with Crippen LogP contribution < -0.4 is 5.32 Å². The summed E-state index contributed by atoms with van der Waals surface area (Å²) in [6, 6.07) is 11.8. The maximum atomic E-state index is 6.43. The molecule has 0 aliphatic rings. The molecule has 21 heavy (non-hydrogen) atoms. The molecule has 0 aliphatic carbocycles. The van der Waals surface area contributed by atoms with Gasteiger partial charge in [-0.2, -0.15) is 0 Å². The number of hydrogen-bond acceptors (Lipinski definition) is 1. The van der Waals surface area contributed by atoms with Crippen LogP contribution in [0.1, 0.15) is 31.9 Å². The molecule has 2 aromatic carbocycles. The van der Waals surface area contributed by atoms with Gasteiger partial charge in [0.25, 0.3) is 0 Å². The molecule has 0 spiro atoms. The molecule has 0 aliphatic heterocycles. The quantitative estimate of drug-likeness (QED) is 0.665. The van der Waals surface area contributed by atoms with E-state index < -0.39 is 0 Å². The molecule has 2 rings (SSSR count). The Hall–Kier alpha value is -0.730. The van der Waals surface area contributed by atoms with E-state index in [1.807, 2.05) is 24.3 Å². The fourth-order valence-electron chi connectivity index (χ4n) is 2.24. The van der Waals surface area contributed by atoms with E-state index in [1.54, 1.807) is 6.07 Å². The first-order chi connectivity index (χ1) is 10.0. The molecular weight excluding hydrogens is 325 g/mol. The van der Waals surface area contributed by atoms with E-state index in [2.05, 4.69) is 25.2 Å². The van der Waals surface area contributed by atoms with E-state index >= 15 is 0 Å². The van der Waals surface area contributed by atoms with Gasteiger partial charge in [-0.25, -0.2) is 0 Å². The maximum Gasteiger partial charge on any atom is 0.0499 e. The van der Waals surface area contributed by atoms with Crippen LogP contribution in [0.15, 0.2) is 36.4 Å². The Morgan fingerprint density at radius 3 is 2.38 bits per heavy atom. The van der Waals surface area contributed by atoms with Crippen molar-refractivity contribution >= 4 is 34.8 Å². The van der Waals surface area contributed by atoms with Gasteiger partial charge in [0.2, 0.25) is 0 Å². The summed E-state index contributed by atoms with van der Waals surface area (Å²) in [6.45, 7) is 5.24. The van der Waals surface area contributed by atoms with Gasteiger partial charge in [-0.1, -0.05) is 59.9 Å². The largest absolute Gasteiger partial charge is 0.310 e. The van der Waals surface area contributed by atoms with Gasteiger partial charge in [-0.3, -0.25) is 0 Å². The van der Waals surface area contributed by atoms with Gasteiger partial charge in [-0.05, 0) is 49.2 Å². The molecule has 2 aromatic rings. The monoisotopic (exact) mass is 341 g/mol. The van der Waals surface area contributed by atoms with Crippen molar-refractivity contribution < 1.29 is 0 Å². The molecule has 1 unspecified atom stereocenters. The van der Waals surface area contributed by atoms with E-state index in [4.69, 9.17) is 34.8 Å². The summed E-state index contributed by atoms with van der Waals surface area (Å²) in [5.41, 5.74) is 3.02. The predicted octanol–water partition coefficient (Wildman–Crippen LogP) is 6.37. The first kappa shape index (κ1) is 16.6. The van der Waals surface area contributed by atoms with E-state index in [0.29, 0.717) is 10.0 Å². The second kappa shape index (κ2) is 7.51. The van der Waals surface area contributed by atoms with Crippen LogP contribution in [-0.4, -0.2) is 6.54 Å². The Bertz CT molecular complexity index is 625. The number of nitrogens with one attached hydrogen (secondary N) is 1. The number of rotatable bonds is 5. The van der Waals surface area contributed by atoms with Crippen LogP contribution in [0.3, 0.4) is 0 Å². The summed E-state index contributed by atoms with van der Waals surface area (Å²) in [7, 11) is 0. The van der Waals surface area contributed by atoms with E-state index in [-0.39, 0.29) is 6.04 Å². The molecule has 0 radical (unpaired) electrons. The van der Waals surface area contributed by atoms with Crippen LogP contribution in [0, 0.1) is 0 Å². The fourth-order valence-corrected chi connectivity index (χ4v) is 3.10. The van der Waals surface area contributed by atoms with Gasteiger partial charge >= 0.3 is 0 Å². The Morgan fingerprint density at radius 1 is 1.00 bits per heavy atom. The minimum Gasteiger partial charge on any atom is -0.310 e. The van der Waals surface area contributed by atoms with Gasteiger partial charge in [0.15, 0.2) is 0 Å². The van der Waals surface area contributed by atoms with Crippen molar-refractivity contribution in [3.8, 4) is 11.1 Å². The molecular formula is C17H18Cl3N. The third kappa shape index (κ3) is 4.14. The molecule has 0 fully saturated rings. The highest BCUT2D eigenvalue weighted by atomic mass is 35.5. The number of halogens is 3. The van der Waals surface area contributed by atoms with Crippen molar-refractivity contribution in [2.45, 2.75) is 26.3 Å². The van der Waals surface area contributed by atoms with E-state index in [1.165, 1.54) is 0 Å². The molecule has 0 saturated carbocycles. The molecule has 0 bridgehead atoms. The minimum absolute atomic E-state index is 0.229. The summed E-state index contributed by atoms with van der Waals surface area (Å²) >= 11 is 18.6. The lowest BCUT2D eigenvalue weighted by Gasteiger charge is -2.16. The van der Waals surface area contributed by atoms with Crippen LogP contribution in [0.25, 0.3) is 11.1 Å². The molecule has 0 amide bonds. The predicted molar refractivity (Wildman–Crippen MR) is 93.6 cm³/mol. The van der Waals surface area contributed by atoms with Crippen LogP contribution in [-0.2, 0) is 0 Å². The van der Waals surface area contributed by atoms with Gasteiger partial charge < -0.3 is 5.32 Å². The van der Waals surface area contributed by atoms with Crippen molar-refractivity contribution in [1.29, 1.82) is 0 Å². The average Bonchev–Trinajstić information content (AvgIpc) is 2.44. The van der Waals surface area contributed by atoms with Crippen LogP contribution in [0.4, 0.5) is 0 Å². The Morgan fingerprint density at radius 2 is 1.76 bits per heavy atom. The third-order valence-electron chi connectivity index (χ3n) is 3.41. The summed E-state index contributed by atoms with van der Waals surface area (Å²) in [5.74, 6) is 0. The van der Waals surface area contributed by atoms with Crippen molar-refractivity contribution in [2.75, 3.05) is 6.54 Å². The van der Waals surface area contributed by atoms with Crippen molar-refractivity contribution in [2.24, 2.45) is 0 Å². The van der Waals surface area contributed by atoms with Crippen molar-refractivity contribution in [3.63, 3.8) is 0 Å². The lowest BCUT2D eigenvalue weighted by atomic mass is 10.0. The Labute approximate surface area is 141 Å². The molecule has 112 valence electrons. The summed E-state index contributed by atoms with van der Waals surface area (Å²) in [5, 5.41) is 5.44. The van der Waals surface area contributed by atoms with Gasteiger partial charge in [0.1, 0.15) is 0 Å². The second-order valence-corrected chi connectivity index (χ2v) is 6.29. The zero-order chi connectivity index (χ0) is 15.4. The maximum absolute atomic E-state index is 6.43. The molecule has 4 heteroatoms. The molecule has 1 atom stereocenters. The SMILES string of the molecule is CCCNC(C)c1ccc(-c2ccc(Cl)cc2Cl)cc1Cl. The molecule has 1 nitrogen and oxygen atoms in total. The lowest BCUT2D eigenvalue weighted by molar-refractivity contribution is 0.571.